The van der Waals surface area contributed by atoms with Gasteiger partial charge in [0.2, 0.25) is 6.20 Å². The molecule has 0 unspecified atom stereocenters. The summed E-state index contributed by atoms with van der Waals surface area (Å²) >= 11 is 0. The van der Waals surface area contributed by atoms with E-state index in [1.165, 1.54) is 16.8 Å². The zero-order valence-electron chi connectivity index (χ0n) is 14.6. The molecule has 2 atom stereocenters. The van der Waals surface area contributed by atoms with Gasteiger partial charge < -0.3 is 13.9 Å². The third-order valence-electron chi connectivity index (χ3n) is 6.37. The molecule has 4 heteroatoms. The van der Waals surface area contributed by atoms with Crippen molar-refractivity contribution in [2.75, 3.05) is 0 Å². The average molecular weight is 356 g/mol. The molecule has 0 fully saturated rings. The number of rotatable bonds is 2. The van der Waals surface area contributed by atoms with Crippen LogP contribution in [0.15, 0.2) is 88.6 Å². The van der Waals surface area contributed by atoms with Gasteiger partial charge in [-0.2, -0.15) is 4.57 Å². The van der Waals surface area contributed by atoms with Crippen molar-refractivity contribution in [2.45, 2.75) is 23.8 Å². The van der Waals surface area contributed by atoms with Crippen molar-refractivity contribution < 1.29 is 18.5 Å². The molecular weight excluding hydrogens is 338 g/mol. The van der Waals surface area contributed by atoms with Crippen LogP contribution in [0.25, 0.3) is 0 Å². The highest BCUT2D eigenvalue weighted by Crippen LogP contribution is 2.59. The van der Waals surface area contributed by atoms with Gasteiger partial charge >= 0.3 is 0 Å². The van der Waals surface area contributed by atoms with Gasteiger partial charge in [-0.1, -0.05) is 24.3 Å². The van der Waals surface area contributed by atoms with E-state index in [2.05, 4.69) is 47.0 Å². The second kappa shape index (κ2) is 5.13. The summed E-state index contributed by atoms with van der Waals surface area (Å²) < 4.78 is 13.3. The highest BCUT2D eigenvalue weighted by atomic mass is 16.3. The van der Waals surface area contributed by atoms with Crippen LogP contribution >= 0.6 is 0 Å². The van der Waals surface area contributed by atoms with Gasteiger partial charge in [0.05, 0.1) is 36.4 Å². The molecule has 2 aliphatic heterocycles. The van der Waals surface area contributed by atoms with Crippen LogP contribution in [0.4, 0.5) is 0 Å². The lowest BCUT2D eigenvalue weighted by molar-refractivity contribution is -0.732. The molecule has 1 aromatic carbocycles. The third kappa shape index (κ3) is 1.80. The number of hydrogen-bond acceptors (Lipinski definition) is 3. The van der Waals surface area contributed by atoms with Gasteiger partial charge in [-0.15, -0.1) is 0 Å². The second-order valence-electron chi connectivity index (χ2n) is 7.50. The van der Waals surface area contributed by atoms with E-state index in [4.69, 9.17) is 8.83 Å². The molecule has 0 spiro atoms. The molecule has 132 valence electrons. The summed E-state index contributed by atoms with van der Waals surface area (Å²) in [6.45, 7) is 0. The lowest BCUT2D eigenvalue weighted by Crippen LogP contribution is -2.59. The normalized spacial score (nSPS) is 21.6. The van der Waals surface area contributed by atoms with E-state index in [9.17, 15) is 5.11 Å². The number of fused-ring (bicyclic) bond motifs is 1. The minimum Gasteiger partial charge on any atom is -0.503 e. The van der Waals surface area contributed by atoms with Crippen LogP contribution in [-0.2, 0) is 5.41 Å². The molecule has 0 radical (unpaired) electrons. The number of hydrogen-bond donors (Lipinski definition) is 1. The zero-order valence-corrected chi connectivity index (χ0v) is 14.6. The summed E-state index contributed by atoms with van der Waals surface area (Å²) in [4.78, 5) is 0. The van der Waals surface area contributed by atoms with Gasteiger partial charge in [-0.25, -0.2) is 0 Å². The van der Waals surface area contributed by atoms with Crippen LogP contribution in [-0.4, -0.2) is 5.11 Å². The minimum atomic E-state index is -0.268. The number of benzene rings is 1. The first-order valence-electron chi connectivity index (χ1n) is 9.17. The molecule has 3 aromatic heterocycles. The van der Waals surface area contributed by atoms with Crippen molar-refractivity contribution >= 4 is 0 Å². The van der Waals surface area contributed by atoms with Gasteiger partial charge in [-0.05, 0) is 23.8 Å². The van der Waals surface area contributed by atoms with Crippen molar-refractivity contribution in [3.05, 3.63) is 108 Å². The Labute approximate surface area is 156 Å². The number of nitrogens with zero attached hydrogens (tertiary/aromatic N) is 1. The molecule has 4 nitrogen and oxygen atoms in total. The van der Waals surface area contributed by atoms with Gasteiger partial charge in [-0.3, -0.25) is 0 Å². The van der Waals surface area contributed by atoms with E-state index in [1.54, 1.807) is 18.6 Å². The summed E-state index contributed by atoms with van der Waals surface area (Å²) in [6.07, 6.45) is 9.96. The molecular formula is C23H18NO3+. The standard InChI is InChI=1S/C23H17NO3/c25-17-5-6-20-22-19-4-2-1-3-18(19)21(24(20)12-17)11-23(22,15-7-9-26-13-15)16-8-10-27-14-16/h1-10,12-14,21-22H,11H2/p+1/t21-,22+/m1/s1. The molecule has 7 rings (SSSR count). The van der Waals surface area contributed by atoms with Crippen LogP contribution in [0.2, 0.25) is 0 Å². The fourth-order valence-electron chi connectivity index (χ4n) is 5.34. The summed E-state index contributed by atoms with van der Waals surface area (Å²) in [6, 6.07) is 16.8. The van der Waals surface area contributed by atoms with Crippen molar-refractivity contribution in [3.63, 3.8) is 0 Å². The Balaban J connectivity index is 1.73. The van der Waals surface area contributed by atoms with Gasteiger partial charge in [0.25, 0.3) is 0 Å². The molecule has 27 heavy (non-hydrogen) atoms. The Morgan fingerprint density at radius 2 is 1.59 bits per heavy atom. The number of aromatic nitrogens is 1. The van der Waals surface area contributed by atoms with Crippen molar-refractivity contribution in [3.8, 4) is 5.75 Å². The van der Waals surface area contributed by atoms with Crippen LogP contribution in [0.1, 0.15) is 46.3 Å². The Bertz CT molecular complexity index is 1090. The van der Waals surface area contributed by atoms with E-state index in [0.29, 0.717) is 5.75 Å². The second-order valence-corrected chi connectivity index (χ2v) is 7.50. The lowest BCUT2D eigenvalue weighted by Gasteiger charge is -2.48. The Morgan fingerprint density at radius 1 is 0.889 bits per heavy atom. The first kappa shape index (κ1) is 14.9. The zero-order chi connectivity index (χ0) is 18.0. The third-order valence-corrected chi connectivity index (χ3v) is 6.37. The van der Waals surface area contributed by atoms with E-state index in [0.717, 1.165) is 17.5 Å². The predicted octanol–water partition coefficient (Wildman–Crippen LogP) is 4.29. The molecule has 3 aliphatic rings. The number of aromatic hydroxyl groups is 1. The maximum Gasteiger partial charge on any atom is 0.211 e. The summed E-state index contributed by atoms with van der Waals surface area (Å²) in [5.74, 6) is 0.399. The van der Waals surface area contributed by atoms with Crippen molar-refractivity contribution in [1.82, 2.24) is 0 Å². The highest BCUT2D eigenvalue weighted by Gasteiger charge is 2.60. The van der Waals surface area contributed by atoms with Gasteiger partial charge in [0.15, 0.2) is 17.5 Å². The van der Waals surface area contributed by atoms with Crippen LogP contribution in [0.3, 0.4) is 0 Å². The fraction of sp³-hybridized carbons (Fsp3) is 0.174. The summed E-state index contributed by atoms with van der Waals surface area (Å²) in [7, 11) is 0. The molecule has 0 amide bonds. The number of furan rings is 2. The fourth-order valence-corrected chi connectivity index (χ4v) is 5.34. The van der Waals surface area contributed by atoms with Crippen molar-refractivity contribution in [1.29, 1.82) is 0 Å². The predicted molar refractivity (Wildman–Crippen MR) is 97.5 cm³/mol. The molecule has 2 bridgehead atoms. The van der Waals surface area contributed by atoms with Crippen molar-refractivity contribution in [2.24, 2.45) is 0 Å². The van der Waals surface area contributed by atoms with E-state index < -0.39 is 0 Å². The first-order chi connectivity index (χ1) is 13.3. The largest absolute Gasteiger partial charge is 0.503 e. The quantitative estimate of drug-likeness (QED) is 0.545. The van der Waals surface area contributed by atoms with E-state index >= 15 is 0 Å². The molecule has 1 N–H and O–H groups in total. The monoisotopic (exact) mass is 356 g/mol. The van der Waals surface area contributed by atoms with Crippen LogP contribution in [0.5, 0.6) is 5.75 Å². The van der Waals surface area contributed by atoms with Crippen LogP contribution < -0.4 is 4.57 Å². The Kier molecular flexibility index (Phi) is 2.82. The average Bonchev–Trinajstić information content (AvgIpc) is 3.42. The first-order valence-corrected chi connectivity index (χ1v) is 9.17. The molecule has 0 saturated carbocycles. The molecule has 4 aromatic rings. The maximum atomic E-state index is 10.1. The van der Waals surface area contributed by atoms with E-state index in [-0.39, 0.29) is 17.4 Å². The molecule has 0 saturated heterocycles. The summed E-state index contributed by atoms with van der Waals surface area (Å²) in [5.41, 5.74) is 5.91. The van der Waals surface area contributed by atoms with Crippen LogP contribution in [0, 0.1) is 0 Å². The SMILES string of the molecule is Oc1ccc2[n+](c1)[C@@H]1CC(c3ccoc3)(c3ccoc3)[C@H]2c2ccccc21. The lowest BCUT2D eigenvalue weighted by atomic mass is 9.54. The van der Waals surface area contributed by atoms with E-state index in [1.807, 2.05) is 18.7 Å². The van der Waals surface area contributed by atoms with Gasteiger partial charge in [0.1, 0.15) is 0 Å². The minimum absolute atomic E-state index is 0.106. The highest BCUT2D eigenvalue weighted by molar-refractivity contribution is 5.54. The number of pyridine rings is 1. The molecule has 5 heterocycles. The smallest absolute Gasteiger partial charge is 0.211 e. The Hall–Kier alpha value is -3.27. The maximum absolute atomic E-state index is 10.1. The summed E-state index contributed by atoms with van der Waals surface area (Å²) in [5, 5.41) is 10.1. The van der Waals surface area contributed by atoms with Gasteiger partial charge in [0, 0.05) is 29.2 Å². The molecule has 1 aliphatic carbocycles. The Morgan fingerprint density at radius 3 is 2.26 bits per heavy atom. The topological polar surface area (TPSA) is 50.4 Å².